The van der Waals surface area contributed by atoms with E-state index in [1.165, 1.54) is 22.5 Å². The van der Waals surface area contributed by atoms with E-state index in [0.29, 0.717) is 29.9 Å². The molecule has 3 aromatic rings. The van der Waals surface area contributed by atoms with Crippen LogP contribution in [-0.4, -0.2) is 64.4 Å². The highest BCUT2D eigenvalue weighted by atomic mass is 32.2. The van der Waals surface area contributed by atoms with Crippen LogP contribution < -0.4 is 10.1 Å². The quantitative estimate of drug-likeness (QED) is 0.214. The summed E-state index contributed by atoms with van der Waals surface area (Å²) in [6.07, 6.45) is 7.73. The third kappa shape index (κ3) is 8.69. The molecule has 1 N–H and O–H groups in total. The van der Waals surface area contributed by atoms with Gasteiger partial charge in [-0.3, -0.25) is 14.5 Å². The maximum Gasteiger partial charge on any atom is 0.237 e. The Labute approximate surface area is 279 Å². The zero-order valence-corrected chi connectivity index (χ0v) is 28.8. The lowest BCUT2D eigenvalue weighted by atomic mass is 9.89. The van der Waals surface area contributed by atoms with Crippen molar-refractivity contribution in [2.75, 3.05) is 38.1 Å². The number of hydrogen-bond acceptors (Lipinski definition) is 10. The third-order valence-electron chi connectivity index (χ3n) is 8.56. The maximum absolute atomic E-state index is 13.0. The minimum absolute atomic E-state index is 0.0192. The highest BCUT2D eigenvalue weighted by Crippen LogP contribution is 2.36. The summed E-state index contributed by atoms with van der Waals surface area (Å²) in [5.41, 5.74) is 2.32. The predicted octanol–water partition coefficient (Wildman–Crippen LogP) is 6.59. The molecule has 1 atom stereocenters. The van der Waals surface area contributed by atoms with Crippen molar-refractivity contribution in [3.63, 3.8) is 0 Å². The fourth-order valence-electron chi connectivity index (χ4n) is 5.99. The number of anilines is 1. The lowest BCUT2D eigenvalue weighted by Gasteiger charge is -2.37. The van der Waals surface area contributed by atoms with Crippen LogP contribution in [0.1, 0.15) is 88.6 Å². The second-order valence-corrected chi connectivity index (χ2v) is 15.2. The van der Waals surface area contributed by atoms with Gasteiger partial charge < -0.3 is 19.4 Å². The fourth-order valence-corrected chi connectivity index (χ4v) is 7.72. The number of carbonyl (C=O) groups excluding carboxylic acids is 2. The zero-order chi connectivity index (χ0) is 32.7. The van der Waals surface area contributed by atoms with E-state index >= 15 is 0 Å². The molecule has 0 radical (unpaired) electrons. The van der Waals surface area contributed by atoms with Gasteiger partial charge in [0.05, 0.1) is 34.5 Å². The molecule has 1 unspecified atom stereocenters. The van der Waals surface area contributed by atoms with Gasteiger partial charge in [0.2, 0.25) is 17.7 Å². The first-order valence-corrected chi connectivity index (χ1v) is 17.9. The summed E-state index contributed by atoms with van der Waals surface area (Å²) in [7, 11) is 0. The Hall–Kier alpha value is -3.40. The molecular formula is C34H44N6O4S2. The molecule has 10 nitrogen and oxygen atoms in total. The molecule has 2 amide bonds. The van der Waals surface area contributed by atoms with Crippen molar-refractivity contribution < 1.29 is 18.7 Å². The summed E-state index contributed by atoms with van der Waals surface area (Å²) in [6, 6.07) is 8.21. The molecule has 46 heavy (non-hydrogen) atoms. The number of piperidine rings is 1. The van der Waals surface area contributed by atoms with E-state index in [4.69, 9.17) is 14.4 Å². The van der Waals surface area contributed by atoms with Crippen LogP contribution in [0.2, 0.25) is 0 Å². The largest absolute Gasteiger partial charge is 0.492 e. The van der Waals surface area contributed by atoms with Crippen molar-refractivity contribution >= 4 is 40.0 Å². The highest BCUT2D eigenvalue weighted by Gasteiger charge is 2.30. The van der Waals surface area contributed by atoms with E-state index in [-0.39, 0.29) is 35.6 Å². The molecule has 0 bridgehead atoms. The lowest BCUT2D eigenvalue weighted by molar-refractivity contribution is -0.133. The minimum atomic E-state index is -0.0886. The van der Waals surface area contributed by atoms with Crippen LogP contribution in [0.3, 0.4) is 0 Å². The summed E-state index contributed by atoms with van der Waals surface area (Å²) in [6.45, 7) is 12.1. The number of amides is 2. The van der Waals surface area contributed by atoms with E-state index < -0.39 is 0 Å². The molecule has 0 spiro atoms. The molecule has 5 rings (SSSR count). The summed E-state index contributed by atoms with van der Waals surface area (Å²) in [4.78, 5) is 38.5. The van der Waals surface area contributed by atoms with Crippen molar-refractivity contribution in [2.24, 2.45) is 5.92 Å². The van der Waals surface area contributed by atoms with Crippen molar-refractivity contribution in [3.8, 4) is 11.8 Å². The SMILES string of the molecule is CCCC1c2ccc(OCCN3CCC(C(=O)Nc4ncc(SCc5ncc(C(C)(C)C)o5)s4)CC3)cc2CCN1C(=O)CC#N. The zero-order valence-electron chi connectivity index (χ0n) is 27.2. The standard InChI is InChI=1S/C34H44N6O4S2/c1-5-6-27-26-8-7-25(19-24(26)12-16-40(27)30(41)9-13-35)43-18-17-39-14-10-23(11-15-39)32(42)38-33-37-21-31(46-33)45-22-29-36-20-28(44-29)34(2,3)4/h7-8,19-21,23,27H,5-6,9-12,14-18,22H2,1-4H3,(H,37,38,42). The van der Waals surface area contributed by atoms with Crippen LogP contribution in [0.4, 0.5) is 5.13 Å². The molecule has 1 saturated heterocycles. The first-order chi connectivity index (χ1) is 22.1. The molecule has 4 heterocycles. The number of ether oxygens (including phenoxy) is 1. The fraction of sp³-hybridized carbons (Fsp3) is 0.559. The number of hydrogen-bond donors (Lipinski definition) is 1. The number of thiazole rings is 1. The number of oxazole rings is 1. The first kappa shape index (κ1) is 33.9. The van der Waals surface area contributed by atoms with Crippen molar-refractivity contribution in [2.45, 2.75) is 87.6 Å². The summed E-state index contributed by atoms with van der Waals surface area (Å²) >= 11 is 3.08. The Morgan fingerprint density at radius 2 is 2.00 bits per heavy atom. The minimum Gasteiger partial charge on any atom is -0.492 e. The summed E-state index contributed by atoms with van der Waals surface area (Å²) < 4.78 is 13.0. The number of carbonyl (C=O) groups is 2. The van der Waals surface area contributed by atoms with E-state index in [2.05, 4.69) is 60.0 Å². The van der Waals surface area contributed by atoms with Gasteiger partial charge in [0.15, 0.2) is 5.13 Å². The third-order valence-corrected chi connectivity index (χ3v) is 10.7. The first-order valence-electron chi connectivity index (χ1n) is 16.1. The van der Waals surface area contributed by atoms with Crippen molar-refractivity contribution in [1.82, 2.24) is 19.8 Å². The van der Waals surface area contributed by atoms with Crippen LogP contribution in [-0.2, 0) is 27.2 Å². The summed E-state index contributed by atoms with van der Waals surface area (Å²) in [5, 5.41) is 12.6. The number of nitriles is 1. The second-order valence-electron chi connectivity index (χ2n) is 12.9. The summed E-state index contributed by atoms with van der Waals surface area (Å²) in [5.74, 6) is 2.93. The number of aromatic nitrogens is 2. The molecule has 246 valence electrons. The molecule has 1 aromatic carbocycles. The molecule has 1 fully saturated rings. The normalized spacial score (nSPS) is 17.4. The van der Waals surface area contributed by atoms with Crippen LogP contribution in [0, 0.1) is 17.2 Å². The van der Waals surface area contributed by atoms with Gasteiger partial charge in [0.1, 0.15) is 24.5 Å². The Balaban J connectivity index is 1.03. The number of thioether (sulfide) groups is 1. The highest BCUT2D eigenvalue weighted by molar-refractivity contribution is 8.00. The molecule has 2 aromatic heterocycles. The van der Waals surface area contributed by atoms with Gasteiger partial charge in [-0.15, -0.1) is 11.8 Å². The van der Waals surface area contributed by atoms with Crippen LogP contribution >= 0.6 is 23.1 Å². The van der Waals surface area contributed by atoms with E-state index in [0.717, 1.165) is 67.5 Å². The van der Waals surface area contributed by atoms with E-state index in [1.54, 1.807) is 24.2 Å². The molecule has 0 aliphatic carbocycles. The number of likely N-dealkylation sites (tertiary alicyclic amines) is 1. The average Bonchev–Trinajstić information content (AvgIpc) is 3.70. The van der Waals surface area contributed by atoms with Gasteiger partial charge in [-0.2, -0.15) is 5.26 Å². The Bertz CT molecular complexity index is 1530. The number of rotatable bonds is 12. The molecule has 2 aliphatic rings. The lowest BCUT2D eigenvalue weighted by Crippen LogP contribution is -2.40. The van der Waals surface area contributed by atoms with Crippen molar-refractivity contribution in [1.29, 1.82) is 5.26 Å². The Morgan fingerprint density at radius 3 is 2.72 bits per heavy atom. The maximum atomic E-state index is 13.0. The molecule has 2 aliphatic heterocycles. The Kier molecular flexibility index (Phi) is 11.4. The van der Waals surface area contributed by atoms with E-state index in [1.807, 2.05) is 17.0 Å². The molecular weight excluding hydrogens is 621 g/mol. The number of nitrogens with zero attached hydrogens (tertiary/aromatic N) is 5. The number of benzene rings is 1. The topological polar surface area (TPSA) is 125 Å². The average molecular weight is 665 g/mol. The Morgan fingerprint density at radius 1 is 1.20 bits per heavy atom. The van der Waals surface area contributed by atoms with Gasteiger partial charge in [0, 0.05) is 24.4 Å². The van der Waals surface area contributed by atoms with Crippen LogP contribution in [0.15, 0.2) is 39.2 Å². The van der Waals surface area contributed by atoms with Gasteiger partial charge in [0.25, 0.3) is 0 Å². The van der Waals surface area contributed by atoms with E-state index in [9.17, 15) is 9.59 Å². The predicted molar refractivity (Wildman–Crippen MR) is 180 cm³/mol. The smallest absolute Gasteiger partial charge is 0.237 e. The van der Waals surface area contributed by atoms with Crippen molar-refractivity contribution in [3.05, 3.63) is 53.4 Å². The van der Waals surface area contributed by atoms with Gasteiger partial charge in [-0.05, 0) is 62.0 Å². The number of nitrogens with one attached hydrogen (secondary N) is 1. The number of fused-ring (bicyclic) bond motifs is 1. The van der Waals surface area contributed by atoms with Gasteiger partial charge >= 0.3 is 0 Å². The van der Waals surface area contributed by atoms with Crippen LogP contribution in [0.5, 0.6) is 5.75 Å². The second kappa shape index (κ2) is 15.5. The van der Waals surface area contributed by atoms with Gasteiger partial charge in [-0.25, -0.2) is 9.97 Å². The monoisotopic (exact) mass is 664 g/mol. The molecule has 0 saturated carbocycles. The van der Waals surface area contributed by atoms with Crippen LogP contribution in [0.25, 0.3) is 0 Å². The van der Waals surface area contributed by atoms with Gasteiger partial charge in [-0.1, -0.05) is 51.5 Å². The molecule has 12 heteroatoms.